The molecule has 0 unspecified atom stereocenters. The van der Waals surface area contributed by atoms with Crippen molar-refractivity contribution in [3.63, 3.8) is 0 Å². The summed E-state index contributed by atoms with van der Waals surface area (Å²) in [6, 6.07) is 12.6. The molecule has 1 atom stereocenters. The van der Waals surface area contributed by atoms with Gasteiger partial charge in [0.25, 0.3) is 0 Å². The molecule has 0 spiro atoms. The Labute approximate surface area is 144 Å². The van der Waals surface area contributed by atoms with Crippen LogP contribution in [0.25, 0.3) is 20.7 Å². The molecule has 1 N–H and O–H groups in total. The number of aliphatic hydroxyl groups is 1. The van der Waals surface area contributed by atoms with E-state index in [4.69, 9.17) is 11.6 Å². The molecule has 2 aromatic heterocycles. The quantitative estimate of drug-likeness (QED) is 0.774. The lowest BCUT2D eigenvalue weighted by atomic mass is 10.1. The molecule has 118 valence electrons. The molecule has 0 aliphatic carbocycles. The Hall–Kier alpha value is -1.46. The molecule has 1 saturated heterocycles. The van der Waals surface area contributed by atoms with E-state index in [1.807, 2.05) is 6.07 Å². The summed E-state index contributed by atoms with van der Waals surface area (Å²) in [6.45, 7) is 2.66. The number of aliphatic hydroxyl groups excluding tert-OH is 1. The minimum Gasteiger partial charge on any atom is -0.392 e. The number of fused-ring (bicyclic) bond motifs is 1. The molecule has 5 heteroatoms. The van der Waals surface area contributed by atoms with Crippen molar-refractivity contribution in [3.05, 3.63) is 53.2 Å². The summed E-state index contributed by atoms with van der Waals surface area (Å²) in [7, 11) is 0. The zero-order valence-electron chi connectivity index (χ0n) is 12.6. The van der Waals surface area contributed by atoms with Crippen LogP contribution in [0.15, 0.2) is 42.6 Å². The first-order valence-corrected chi connectivity index (χ1v) is 8.92. The van der Waals surface area contributed by atoms with Gasteiger partial charge in [-0.25, -0.2) is 0 Å². The van der Waals surface area contributed by atoms with E-state index in [1.54, 1.807) is 17.5 Å². The second-order valence-corrected chi connectivity index (χ2v) is 7.45. The zero-order chi connectivity index (χ0) is 15.8. The Bertz CT molecular complexity index is 831. The van der Waals surface area contributed by atoms with Gasteiger partial charge in [-0.3, -0.25) is 9.88 Å². The van der Waals surface area contributed by atoms with Crippen molar-refractivity contribution in [1.82, 2.24) is 9.88 Å². The van der Waals surface area contributed by atoms with E-state index in [2.05, 4.69) is 40.2 Å². The fourth-order valence-corrected chi connectivity index (χ4v) is 4.33. The number of halogens is 1. The van der Waals surface area contributed by atoms with Gasteiger partial charge < -0.3 is 5.11 Å². The number of benzene rings is 1. The van der Waals surface area contributed by atoms with Gasteiger partial charge in [0.15, 0.2) is 0 Å². The lowest BCUT2D eigenvalue weighted by Gasteiger charge is -2.14. The summed E-state index contributed by atoms with van der Waals surface area (Å²) in [5.41, 5.74) is 3.42. The molecule has 0 amide bonds. The van der Waals surface area contributed by atoms with Crippen molar-refractivity contribution in [2.24, 2.45) is 0 Å². The van der Waals surface area contributed by atoms with Crippen molar-refractivity contribution in [2.45, 2.75) is 19.1 Å². The average Bonchev–Trinajstić information content (AvgIpc) is 3.15. The molecule has 3 heterocycles. The van der Waals surface area contributed by atoms with E-state index in [0.717, 1.165) is 41.3 Å². The summed E-state index contributed by atoms with van der Waals surface area (Å²) in [5, 5.41) is 10.4. The van der Waals surface area contributed by atoms with Crippen LogP contribution in [0.4, 0.5) is 0 Å². The van der Waals surface area contributed by atoms with Crippen molar-refractivity contribution >= 4 is 33.2 Å². The summed E-state index contributed by atoms with van der Waals surface area (Å²) < 4.78 is 1.04. The molecule has 1 aliphatic rings. The first-order chi connectivity index (χ1) is 11.2. The van der Waals surface area contributed by atoms with Gasteiger partial charge in [0.05, 0.1) is 21.3 Å². The topological polar surface area (TPSA) is 36.4 Å². The number of pyridine rings is 1. The Morgan fingerprint density at radius 2 is 2.09 bits per heavy atom. The van der Waals surface area contributed by atoms with Gasteiger partial charge >= 0.3 is 0 Å². The van der Waals surface area contributed by atoms with Gasteiger partial charge in [-0.2, -0.15) is 0 Å². The monoisotopic (exact) mass is 344 g/mol. The molecule has 0 saturated carbocycles. The third-order valence-electron chi connectivity index (χ3n) is 4.26. The molecular weight excluding hydrogens is 328 g/mol. The van der Waals surface area contributed by atoms with E-state index in [0.29, 0.717) is 0 Å². The normalized spacial score (nSPS) is 18.8. The standard InChI is InChI=1S/C18H17ClN2OS/c19-15-5-7-20-16-9-17(23-18(15)16)13-3-1-12(2-4-13)10-21-8-6-14(22)11-21/h1-5,7,9,14,22H,6,8,10-11H2/t14-/m0/s1. The summed E-state index contributed by atoms with van der Waals surface area (Å²) in [5.74, 6) is 0. The minimum atomic E-state index is -0.162. The number of nitrogens with zero attached hydrogens (tertiary/aromatic N) is 2. The molecule has 4 rings (SSSR count). The first kappa shape index (κ1) is 15.1. The van der Waals surface area contributed by atoms with Crippen LogP contribution in [0.3, 0.4) is 0 Å². The largest absolute Gasteiger partial charge is 0.392 e. The predicted octanol–water partition coefficient (Wildman–Crippen LogP) is 4.18. The molecule has 23 heavy (non-hydrogen) atoms. The van der Waals surface area contributed by atoms with Crippen molar-refractivity contribution in [3.8, 4) is 10.4 Å². The van der Waals surface area contributed by atoms with Gasteiger partial charge in [0.2, 0.25) is 0 Å². The summed E-state index contributed by atoms with van der Waals surface area (Å²) in [4.78, 5) is 7.86. The van der Waals surface area contributed by atoms with Crippen LogP contribution in [-0.2, 0) is 6.54 Å². The van der Waals surface area contributed by atoms with Crippen LogP contribution < -0.4 is 0 Å². The molecule has 3 nitrogen and oxygen atoms in total. The third kappa shape index (κ3) is 3.12. The van der Waals surface area contributed by atoms with Crippen LogP contribution >= 0.6 is 22.9 Å². The number of aromatic nitrogens is 1. The molecule has 1 aliphatic heterocycles. The van der Waals surface area contributed by atoms with Crippen LogP contribution in [0.5, 0.6) is 0 Å². The highest BCUT2D eigenvalue weighted by molar-refractivity contribution is 7.22. The molecular formula is C18H17ClN2OS. The maximum atomic E-state index is 9.60. The molecule has 1 aromatic carbocycles. The number of β-amino-alcohol motifs (C(OH)–C–C–N with tert-alkyl or cyclic N) is 1. The fourth-order valence-electron chi connectivity index (χ4n) is 3.04. The smallest absolute Gasteiger partial charge is 0.0831 e. The highest BCUT2D eigenvalue weighted by Crippen LogP contribution is 2.36. The molecule has 0 radical (unpaired) electrons. The van der Waals surface area contributed by atoms with Gasteiger partial charge in [-0.05, 0) is 29.7 Å². The van der Waals surface area contributed by atoms with Crippen LogP contribution in [0.2, 0.25) is 5.02 Å². The number of rotatable bonds is 3. The number of hydrogen-bond donors (Lipinski definition) is 1. The van der Waals surface area contributed by atoms with Gasteiger partial charge in [-0.15, -0.1) is 11.3 Å². The van der Waals surface area contributed by atoms with Gasteiger partial charge in [0.1, 0.15) is 0 Å². The van der Waals surface area contributed by atoms with E-state index in [-0.39, 0.29) is 6.10 Å². The number of thiophene rings is 1. The average molecular weight is 345 g/mol. The number of likely N-dealkylation sites (tertiary alicyclic amines) is 1. The van der Waals surface area contributed by atoms with Crippen LogP contribution in [0.1, 0.15) is 12.0 Å². The van der Waals surface area contributed by atoms with Crippen molar-refractivity contribution in [2.75, 3.05) is 13.1 Å². The van der Waals surface area contributed by atoms with Crippen molar-refractivity contribution in [1.29, 1.82) is 0 Å². The van der Waals surface area contributed by atoms with E-state index in [9.17, 15) is 5.11 Å². The molecule has 0 bridgehead atoms. The van der Waals surface area contributed by atoms with Crippen LogP contribution in [0, 0.1) is 0 Å². The van der Waals surface area contributed by atoms with E-state index in [1.165, 1.54) is 16.0 Å². The van der Waals surface area contributed by atoms with E-state index < -0.39 is 0 Å². The predicted molar refractivity (Wildman–Crippen MR) is 96.0 cm³/mol. The number of hydrogen-bond acceptors (Lipinski definition) is 4. The Morgan fingerprint density at radius 1 is 1.26 bits per heavy atom. The lowest BCUT2D eigenvalue weighted by molar-refractivity contribution is 0.175. The van der Waals surface area contributed by atoms with E-state index >= 15 is 0 Å². The van der Waals surface area contributed by atoms with Gasteiger partial charge in [0, 0.05) is 30.7 Å². The van der Waals surface area contributed by atoms with Gasteiger partial charge in [-0.1, -0.05) is 35.9 Å². The Balaban J connectivity index is 1.56. The third-order valence-corrected chi connectivity index (χ3v) is 5.89. The second-order valence-electron chi connectivity index (χ2n) is 5.99. The highest BCUT2D eigenvalue weighted by Gasteiger charge is 2.19. The minimum absolute atomic E-state index is 0.162. The SMILES string of the molecule is O[C@H]1CCN(Cc2ccc(-c3cc4nccc(Cl)c4s3)cc2)C1. The van der Waals surface area contributed by atoms with Crippen LogP contribution in [-0.4, -0.2) is 34.2 Å². The maximum absolute atomic E-state index is 9.60. The Morgan fingerprint density at radius 3 is 2.78 bits per heavy atom. The lowest BCUT2D eigenvalue weighted by Crippen LogP contribution is -2.21. The first-order valence-electron chi connectivity index (χ1n) is 7.73. The zero-order valence-corrected chi connectivity index (χ0v) is 14.1. The Kier molecular flexibility index (Phi) is 4.07. The fraction of sp³-hybridized carbons (Fsp3) is 0.278. The molecule has 1 fully saturated rings. The molecule has 3 aromatic rings. The highest BCUT2D eigenvalue weighted by atomic mass is 35.5. The summed E-state index contributed by atoms with van der Waals surface area (Å²) in [6.07, 6.45) is 2.47. The summed E-state index contributed by atoms with van der Waals surface area (Å²) >= 11 is 7.91. The van der Waals surface area contributed by atoms with Crippen molar-refractivity contribution < 1.29 is 5.11 Å². The maximum Gasteiger partial charge on any atom is 0.0831 e. The second kappa shape index (κ2) is 6.21.